The molecule has 0 fully saturated rings. The molecule has 32 heavy (non-hydrogen) atoms. The molecule has 0 bridgehead atoms. The Balaban J connectivity index is 6.45. The molecule has 0 aliphatic rings. The fourth-order valence-corrected chi connectivity index (χ4v) is 1.89. The third kappa shape index (κ3) is 5.77. The molecule has 192 valence electrons. The van der Waals surface area contributed by atoms with Crippen molar-refractivity contribution >= 4 is 10.1 Å². The van der Waals surface area contributed by atoms with Crippen LogP contribution in [-0.2, 0) is 23.8 Å². The second kappa shape index (κ2) is 8.53. The second-order valence-electron chi connectivity index (χ2n) is 4.79. The van der Waals surface area contributed by atoms with E-state index < -0.39 is 64.2 Å². The Kier molecular flexibility index (Phi) is 8.06. The van der Waals surface area contributed by atoms with Crippen molar-refractivity contribution in [3.63, 3.8) is 0 Å². The standard InChI is InChI=1S/C9HF17O5S/c10-1(11)2(12)29-7(21,22)5(17,6(18,19)20)31-8(23,24)9(25,26)32(27,28)30-3(13)4(14,15)16/h3H. The van der Waals surface area contributed by atoms with E-state index in [0.29, 0.717) is 0 Å². The summed E-state index contributed by atoms with van der Waals surface area (Å²) in [5.41, 5.74) is 0. The van der Waals surface area contributed by atoms with Gasteiger partial charge in [-0.1, -0.05) is 0 Å². The van der Waals surface area contributed by atoms with Crippen molar-refractivity contribution in [1.82, 2.24) is 0 Å². The summed E-state index contributed by atoms with van der Waals surface area (Å²) < 4.78 is 240. The number of alkyl halides is 14. The van der Waals surface area contributed by atoms with Crippen molar-refractivity contribution in [2.24, 2.45) is 0 Å². The first-order chi connectivity index (χ1) is 13.7. The summed E-state index contributed by atoms with van der Waals surface area (Å²) in [4.78, 5) is 0. The topological polar surface area (TPSA) is 61.8 Å². The molecule has 0 saturated heterocycles. The van der Waals surface area contributed by atoms with Crippen LogP contribution in [0.4, 0.5) is 74.6 Å². The van der Waals surface area contributed by atoms with Gasteiger partial charge in [-0.3, -0.25) is 4.74 Å². The summed E-state index contributed by atoms with van der Waals surface area (Å²) in [5, 5.41) is -7.71. The molecule has 0 spiro atoms. The fourth-order valence-electron chi connectivity index (χ4n) is 1.11. The van der Waals surface area contributed by atoms with E-state index in [1.807, 2.05) is 4.18 Å². The normalized spacial score (nSPS) is 17.5. The monoisotopic (exact) mass is 544 g/mol. The second-order valence-corrected chi connectivity index (χ2v) is 6.40. The molecule has 5 nitrogen and oxygen atoms in total. The zero-order valence-corrected chi connectivity index (χ0v) is 14.3. The van der Waals surface area contributed by atoms with E-state index in [-0.39, 0.29) is 0 Å². The van der Waals surface area contributed by atoms with Gasteiger partial charge in [-0.15, -0.1) is 0 Å². The van der Waals surface area contributed by atoms with Gasteiger partial charge in [-0.2, -0.15) is 78.7 Å². The number of ether oxygens (including phenoxy) is 2. The lowest BCUT2D eigenvalue weighted by Gasteiger charge is -2.36. The Morgan fingerprint density at radius 3 is 1.44 bits per heavy atom. The SMILES string of the molecule is O=S(=O)(OC(F)C(F)(F)F)C(F)(F)C(F)(F)OC(F)(C(F)(F)F)C(F)(F)OC(F)=C(F)F. The first-order valence-electron chi connectivity index (χ1n) is 6.29. The van der Waals surface area contributed by atoms with Gasteiger partial charge in [0.1, 0.15) is 0 Å². The van der Waals surface area contributed by atoms with Gasteiger partial charge in [0.05, 0.1) is 0 Å². The molecule has 0 aromatic carbocycles. The van der Waals surface area contributed by atoms with Crippen LogP contribution in [0.2, 0.25) is 0 Å². The van der Waals surface area contributed by atoms with Gasteiger partial charge in [-0.25, -0.2) is 8.57 Å². The summed E-state index contributed by atoms with van der Waals surface area (Å²) in [5.74, 6) is -7.80. The third-order valence-corrected chi connectivity index (χ3v) is 3.78. The number of hydrogen-bond donors (Lipinski definition) is 0. The van der Waals surface area contributed by atoms with E-state index in [1.165, 1.54) is 4.74 Å². The number of rotatable bonds is 9. The summed E-state index contributed by atoms with van der Waals surface area (Å²) in [6, 6.07) is -4.10. The molecule has 0 aromatic heterocycles. The maximum atomic E-state index is 13.6. The van der Waals surface area contributed by atoms with E-state index in [0.717, 1.165) is 0 Å². The molecule has 2 unspecified atom stereocenters. The van der Waals surface area contributed by atoms with Crippen LogP contribution in [0.15, 0.2) is 12.1 Å². The lowest BCUT2D eigenvalue weighted by Crippen LogP contribution is -2.64. The van der Waals surface area contributed by atoms with Crippen LogP contribution in [0.1, 0.15) is 0 Å². The van der Waals surface area contributed by atoms with E-state index in [1.54, 1.807) is 4.74 Å². The van der Waals surface area contributed by atoms with Gasteiger partial charge in [-0.05, 0) is 0 Å². The van der Waals surface area contributed by atoms with E-state index in [4.69, 9.17) is 0 Å². The molecule has 2 atom stereocenters. The van der Waals surface area contributed by atoms with Gasteiger partial charge in [0.25, 0.3) is 0 Å². The highest BCUT2D eigenvalue weighted by molar-refractivity contribution is 7.87. The van der Waals surface area contributed by atoms with Crippen molar-refractivity contribution in [3.05, 3.63) is 12.1 Å². The molecule has 0 amide bonds. The van der Waals surface area contributed by atoms with Gasteiger partial charge < -0.3 is 4.74 Å². The Bertz CT molecular complexity index is 809. The highest BCUT2D eigenvalue weighted by Gasteiger charge is 2.83. The quantitative estimate of drug-likeness (QED) is 0.225. The summed E-state index contributed by atoms with van der Waals surface area (Å²) in [6.45, 7) is 0. The minimum atomic E-state index is -8.13. The Morgan fingerprint density at radius 2 is 1.12 bits per heavy atom. The first-order valence-corrected chi connectivity index (χ1v) is 7.70. The van der Waals surface area contributed by atoms with E-state index in [2.05, 4.69) is 0 Å². The maximum Gasteiger partial charge on any atom is 0.471 e. The Morgan fingerprint density at radius 1 is 0.719 bits per heavy atom. The first kappa shape index (κ1) is 30.2. The third-order valence-electron chi connectivity index (χ3n) is 2.50. The molecule has 0 saturated carbocycles. The van der Waals surface area contributed by atoms with Crippen LogP contribution >= 0.6 is 0 Å². The van der Waals surface area contributed by atoms with Crippen LogP contribution < -0.4 is 0 Å². The summed E-state index contributed by atoms with van der Waals surface area (Å²) >= 11 is 0. The molecule has 0 aliphatic heterocycles. The van der Waals surface area contributed by atoms with Crippen molar-refractivity contribution in [2.75, 3.05) is 0 Å². The Labute approximate surface area is 162 Å². The minimum Gasteiger partial charge on any atom is -0.398 e. The van der Waals surface area contributed by atoms with Crippen molar-refractivity contribution in [1.29, 1.82) is 0 Å². The predicted molar refractivity (Wildman–Crippen MR) is 58.2 cm³/mol. The van der Waals surface area contributed by atoms with Crippen molar-refractivity contribution < 1.29 is 96.7 Å². The van der Waals surface area contributed by atoms with Crippen molar-refractivity contribution in [2.45, 2.75) is 42.0 Å². The molecular weight excluding hydrogens is 543 g/mol. The molecular formula is C9HF17O5S. The lowest BCUT2D eigenvalue weighted by atomic mass is 10.2. The van der Waals surface area contributed by atoms with E-state index in [9.17, 15) is 83.1 Å². The smallest absolute Gasteiger partial charge is 0.398 e. The molecule has 0 heterocycles. The molecule has 0 N–H and O–H groups in total. The van der Waals surface area contributed by atoms with Crippen LogP contribution in [0.25, 0.3) is 0 Å². The number of hydrogen-bond acceptors (Lipinski definition) is 5. The highest BCUT2D eigenvalue weighted by Crippen LogP contribution is 2.53. The minimum absolute atomic E-state index is 1.41. The van der Waals surface area contributed by atoms with Gasteiger partial charge in [0.2, 0.25) is 0 Å². The average molecular weight is 544 g/mol. The largest absolute Gasteiger partial charge is 0.471 e. The van der Waals surface area contributed by atoms with Gasteiger partial charge in [0, 0.05) is 0 Å². The molecule has 23 heteroatoms. The van der Waals surface area contributed by atoms with Gasteiger partial charge in [0.15, 0.2) is 0 Å². The highest BCUT2D eigenvalue weighted by atomic mass is 32.2. The fraction of sp³-hybridized carbons (Fsp3) is 0.778. The predicted octanol–water partition coefficient (Wildman–Crippen LogP) is 5.27. The van der Waals surface area contributed by atoms with Crippen molar-refractivity contribution in [3.8, 4) is 0 Å². The van der Waals surface area contributed by atoms with Crippen LogP contribution in [0.3, 0.4) is 0 Å². The van der Waals surface area contributed by atoms with Crippen LogP contribution in [-0.4, -0.2) is 50.5 Å². The summed E-state index contributed by atoms with van der Waals surface area (Å²) in [7, 11) is -8.13. The maximum absolute atomic E-state index is 13.6. The zero-order chi connectivity index (χ0) is 26.4. The van der Waals surface area contributed by atoms with Crippen LogP contribution in [0, 0.1) is 0 Å². The Hall–Kier alpha value is -1.78. The lowest BCUT2D eigenvalue weighted by molar-refractivity contribution is -0.510. The molecule has 0 rings (SSSR count). The molecule has 0 radical (unpaired) electrons. The van der Waals surface area contributed by atoms with E-state index >= 15 is 0 Å². The average Bonchev–Trinajstić information content (AvgIpc) is 2.50. The van der Waals surface area contributed by atoms with Crippen LogP contribution in [0.5, 0.6) is 0 Å². The molecule has 0 aromatic rings. The zero-order valence-electron chi connectivity index (χ0n) is 13.5. The van der Waals surface area contributed by atoms with Gasteiger partial charge >= 0.3 is 64.2 Å². The molecule has 0 aliphatic carbocycles. The summed E-state index contributed by atoms with van der Waals surface area (Å²) in [6.07, 6.45) is -39.1. The number of halogens is 17.